The lowest BCUT2D eigenvalue weighted by Gasteiger charge is -2.26. The summed E-state index contributed by atoms with van der Waals surface area (Å²) < 4.78 is 1.16. The highest BCUT2D eigenvalue weighted by Crippen LogP contribution is 2.41. The van der Waals surface area contributed by atoms with Crippen molar-refractivity contribution in [3.8, 4) is 0 Å². The first-order valence-corrected chi connectivity index (χ1v) is 9.33. The van der Waals surface area contributed by atoms with Crippen LogP contribution in [-0.2, 0) is 10.4 Å². The van der Waals surface area contributed by atoms with Crippen LogP contribution in [0.25, 0.3) is 0 Å². The SMILES string of the molecule is CC(NCC(C)(O)c1ccccc1)c1cc2c(s1)SCC(=O)N2. The van der Waals surface area contributed by atoms with Gasteiger partial charge in [0.25, 0.3) is 0 Å². The normalized spacial score (nSPS) is 18.0. The number of thiophene rings is 1. The van der Waals surface area contributed by atoms with Crippen molar-refractivity contribution < 1.29 is 9.90 Å². The number of carbonyl (C=O) groups is 1. The molecule has 2 unspecified atom stereocenters. The molecule has 1 aromatic carbocycles. The topological polar surface area (TPSA) is 61.4 Å². The summed E-state index contributed by atoms with van der Waals surface area (Å²) in [5.74, 6) is 0.539. The van der Waals surface area contributed by atoms with Crippen molar-refractivity contribution >= 4 is 34.7 Å². The maximum atomic E-state index is 11.4. The second-order valence-corrected chi connectivity index (χ2v) is 8.26. The second-order valence-electron chi connectivity index (χ2n) is 5.93. The Morgan fingerprint density at radius 1 is 1.39 bits per heavy atom. The van der Waals surface area contributed by atoms with Crippen molar-refractivity contribution in [2.24, 2.45) is 0 Å². The molecule has 122 valence electrons. The summed E-state index contributed by atoms with van der Waals surface area (Å²) in [5, 5.41) is 17.0. The number of rotatable bonds is 5. The molecule has 0 saturated heterocycles. The van der Waals surface area contributed by atoms with Crippen LogP contribution in [0.1, 0.15) is 30.3 Å². The highest BCUT2D eigenvalue weighted by atomic mass is 32.2. The number of aliphatic hydroxyl groups is 1. The standard InChI is InChI=1S/C17H20N2O2S2/c1-11(14-8-13-16(23-14)22-9-15(20)19-13)18-10-17(2,21)12-6-4-3-5-7-12/h3-8,11,18,21H,9-10H2,1-2H3,(H,19,20). The number of carbonyl (C=O) groups excluding carboxylic acids is 1. The van der Waals surface area contributed by atoms with E-state index in [-0.39, 0.29) is 11.9 Å². The lowest BCUT2D eigenvalue weighted by Crippen LogP contribution is -2.36. The number of benzene rings is 1. The predicted molar refractivity (Wildman–Crippen MR) is 96.1 cm³/mol. The maximum Gasteiger partial charge on any atom is 0.234 e. The van der Waals surface area contributed by atoms with E-state index in [9.17, 15) is 9.90 Å². The van der Waals surface area contributed by atoms with Crippen LogP contribution in [0.3, 0.4) is 0 Å². The van der Waals surface area contributed by atoms with Crippen LogP contribution in [0.15, 0.2) is 40.6 Å². The molecule has 1 amide bonds. The smallest absolute Gasteiger partial charge is 0.234 e. The summed E-state index contributed by atoms with van der Waals surface area (Å²) in [7, 11) is 0. The van der Waals surface area contributed by atoms with Crippen molar-refractivity contribution in [2.75, 3.05) is 17.6 Å². The molecule has 0 aliphatic carbocycles. The Balaban J connectivity index is 1.66. The van der Waals surface area contributed by atoms with Crippen molar-refractivity contribution in [2.45, 2.75) is 29.7 Å². The van der Waals surface area contributed by atoms with Gasteiger partial charge in [-0.15, -0.1) is 23.1 Å². The van der Waals surface area contributed by atoms with Gasteiger partial charge in [-0.3, -0.25) is 4.79 Å². The Hall–Kier alpha value is -1.34. The van der Waals surface area contributed by atoms with E-state index in [1.165, 1.54) is 0 Å². The van der Waals surface area contributed by atoms with Crippen LogP contribution in [0.4, 0.5) is 5.69 Å². The first-order valence-electron chi connectivity index (χ1n) is 7.53. The fourth-order valence-corrected chi connectivity index (χ4v) is 4.64. The highest BCUT2D eigenvalue weighted by molar-refractivity contribution is 8.02. The number of fused-ring (bicyclic) bond motifs is 1. The van der Waals surface area contributed by atoms with E-state index in [2.05, 4.69) is 17.6 Å². The average molecular weight is 348 g/mol. The third-order valence-electron chi connectivity index (χ3n) is 3.90. The van der Waals surface area contributed by atoms with E-state index in [1.54, 1.807) is 23.1 Å². The average Bonchev–Trinajstić information content (AvgIpc) is 2.96. The summed E-state index contributed by atoms with van der Waals surface area (Å²) >= 11 is 3.28. The molecular weight excluding hydrogens is 328 g/mol. The Kier molecular flexibility index (Phi) is 4.77. The lowest BCUT2D eigenvalue weighted by molar-refractivity contribution is -0.113. The van der Waals surface area contributed by atoms with E-state index in [0.29, 0.717) is 12.3 Å². The van der Waals surface area contributed by atoms with Crippen molar-refractivity contribution in [1.82, 2.24) is 5.32 Å². The third kappa shape index (κ3) is 3.77. The minimum Gasteiger partial charge on any atom is -0.384 e. The third-order valence-corrected chi connectivity index (χ3v) is 6.51. The zero-order valence-corrected chi connectivity index (χ0v) is 14.8. The molecule has 1 aliphatic rings. The maximum absolute atomic E-state index is 11.4. The van der Waals surface area contributed by atoms with Crippen LogP contribution >= 0.6 is 23.1 Å². The van der Waals surface area contributed by atoms with Crippen LogP contribution in [0.2, 0.25) is 0 Å². The summed E-state index contributed by atoms with van der Waals surface area (Å²) in [6.07, 6.45) is 0. The molecule has 3 rings (SSSR count). The molecule has 0 bridgehead atoms. The molecule has 0 spiro atoms. The predicted octanol–water partition coefficient (Wildman–Crippen LogP) is 3.35. The largest absolute Gasteiger partial charge is 0.384 e. The van der Waals surface area contributed by atoms with Crippen LogP contribution < -0.4 is 10.6 Å². The molecule has 2 aromatic rings. The van der Waals surface area contributed by atoms with Crippen LogP contribution in [0, 0.1) is 0 Å². The highest BCUT2D eigenvalue weighted by Gasteiger charge is 2.25. The van der Waals surface area contributed by atoms with Crippen molar-refractivity contribution in [3.05, 3.63) is 46.8 Å². The molecule has 2 atom stereocenters. The Labute approximate surface area is 144 Å². The first kappa shape index (κ1) is 16.5. The molecule has 3 N–H and O–H groups in total. The monoisotopic (exact) mass is 348 g/mol. The Morgan fingerprint density at radius 2 is 2.13 bits per heavy atom. The van der Waals surface area contributed by atoms with E-state index in [1.807, 2.05) is 43.3 Å². The van der Waals surface area contributed by atoms with Gasteiger partial charge >= 0.3 is 0 Å². The zero-order valence-electron chi connectivity index (χ0n) is 13.1. The molecular formula is C17H20N2O2S2. The molecule has 0 radical (unpaired) electrons. The van der Waals surface area contributed by atoms with Gasteiger partial charge in [-0.05, 0) is 25.5 Å². The molecule has 1 aromatic heterocycles. The zero-order chi connectivity index (χ0) is 16.4. The summed E-state index contributed by atoms with van der Waals surface area (Å²) in [6, 6.07) is 11.8. The van der Waals surface area contributed by atoms with Crippen molar-refractivity contribution in [3.63, 3.8) is 0 Å². The quantitative estimate of drug-likeness (QED) is 0.775. The van der Waals surface area contributed by atoms with Gasteiger partial charge in [-0.2, -0.15) is 0 Å². The van der Waals surface area contributed by atoms with E-state index in [0.717, 1.165) is 20.3 Å². The van der Waals surface area contributed by atoms with Gasteiger partial charge in [0.1, 0.15) is 0 Å². The second kappa shape index (κ2) is 6.65. The summed E-state index contributed by atoms with van der Waals surface area (Å²) in [4.78, 5) is 12.6. The Bertz CT molecular complexity index is 698. The minimum absolute atomic E-state index is 0.0551. The van der Waals surface area contributed by atoms with Crippen LogP contribution in [0.5, 0.6) is 0 Å². The van der Waals surface area contributed by atoms with E-state index in [4.69, 9.17) is 0 Å². The van der Waals surface area contributed by atoms with E-state index < -0.39 is 5.60 Å². The van der Waals surface area contributed by atoms with Gasteiger partial charge in [0.05, 0.1) is 21.3 Å². The van der Waals surface area contributed by atoms with Gasteiger partial charge in [0.15, 0.2) is 0 Å². The van der Waals surface area contributed by atoms with Gasteiger partial charge in [-0.25, -0.2) is 0 Å². The number of nitrogens with one attached hydrogen (secondary N) is 2. The molecule has 0 saturated carbocycles. The van der Waals surface area contributed by atoms with E-state index >= 15 is 0 Å². The summed E-state index contributed by atoms with van der Waals surface area (Å²) in [5.41, 5.74) is 0.887. The number of thioether (sulfide) groups is 1. The molecule has 23 heavy (non-hydrogen) atoms. The first-order chi connectivity index (χ1) is 11.0. The molecule has 6 heteroatoms. The van der Waals surface area contributed by atoms with Crippen molar-refractivity contribution in [1.29, 1.82) is 0 Å². The van der Waals surface area contributed by atoms with Crippen LogP contribution in [-0.4, -0.2) is 23.3 Å². The molecule has 0 fully saturated rings. The van der Waals surface area contributed by atoms with Gasteiger partial charge in [0.2, 0.25) is 5.91 Å². The minimum atomic E-state index is -0.921. The summed E-state index contributed by atoms with van der Waals surface area (Å²) in [6.45, 7) is 4.35. The fourth-order valence-electron chi connectivity index (χ4n) is 2.47. The fraction of sp³-hybridized carbons (Fsp3) is 0.353. The number of anilines is 1. The number of hydrogen-bond acceptors (Lipinski definition) is 5. The van der Waals surface area contributed by atoms with Gasteiger partial charge < -0.3 is 15.7 Å². The number of hydrogen-bond donors (Lipinski definition) is 3. The lowest BCUT2D eigenvalue weighted by atomic mass is 9.96. The number of amides is 1. The van der Waals surface area contributed by atoms with Gasteiger partial charge in [-0.1, -0.05) is 30.3 Å². The Morgan fingerprint density at radius 3 is 2.87 bits per heavy atom. The molecule has 4 nitrogen and oxygen atoms in total. The molecule has 1 aliphatic heterocycles. The van der Waals surface area contributed by atoms with Gasteiger partial charge in [0, 0.05) is 17.5 Å². The molecule has 2 heterocycles.